The van der Waals surface area contributed by atoms with Gasteiger partial charge >= 0.3 is 0 Å². The number of nitrogens with zero attached hydrogens (tertiary/aromatic N) is 2. The summed E-state index contributed by atoms with van der Waals surface area (Å²) in [6, 6.07) is 13.4. The molecule has 1 aromatic heterocycles. The van der Waals surface area contributed by atoms with E-state index in [1.54, 1.807) is 6.20 Å². The molecule has 2 saturated carbocycles. The number of benzene rings is 1. The standard InChI is InChI=1S/C20H21ClN2O/c1-23(20(24)18-15-5-4-6-16(15)18)19(17-7-2-3-12-22-17)13-8-10-14(21)11-9-13/h2-3,7-12,15-16,18-19H,4-6H2,1H3. The van der Waals surface area contributed by atoms with Crippen LogP contribution in [0.25, 0.3) is 0 Å². The number of carbonyl (C=O) groups excluding carboxylic acids is 1. The van der Waals surface area contributed by atoms with Crippen molar-refractivity contribution >= 4 is 17.5 Å². The molecular formula is C20H21ClN2O. The lowest BCUT2D eigenvalue weighted by Crippen LogP contribution is -2.34. The number of hydrogen-bond acceptors (Lipinski definition) is 2. The summed E-state index contributed by atoms with van der Waals surface area (Å²) in [6.07, 6.45) is 5.49. The Balaban J connectivity index is 1.64. The van der Waals surface area contributed by atoms with E-state index in [0.29, 0.717) is 16.9 Å². The quantitative estimate of drug-likeness (QED) is 0.830. The van der Waals surface area contributed by atoms with Crippen molar-refractivity contribution in [2.24, 2.45) is 17.8 Å². The molecule has 1 aromatic carbocycles. The normalized spacial score (nSPS) is 25.8. The third kappa shape index (κ3) is 2.71. The zero-order chi connectivity index (χ0) is 16.7. The van der Waals surface area contributed by atoms with Gasteiger partial charge in [0, 0.05) is 24.2 Å². The number of rotatable bonds is 4. The zero-order valence-electron chi connectivity index (χ0n) is 13.7. The topological polar surface area (TPSA) is 33.2 Å². The molecule has 2 fully saturated rings. The summed E-state index contributed by atoms with van der Waals surface area (Å²) in [6.45, 7) is 0. The highest BCUT2D eigenvalue weighted by molar-refractivity contribution is 6.30. The van der Waals surface area contributed by atoms with Crippen LogP contribution in [0.5, 0.6) is 0 Å². The minimum Gasteiger partial charge on any atom is -0.333 e. The summed E-state index contributed by atoms with van der Waals surface area (Å²) in [4.78, 5) is 19.4. The molecule has 0 aliphatic heterocycles. The Morgan fingerprint density at radius 2 is 1.88 bits per heavy atom. The maximum Gasteiger partial charge on any atom is 0.226 e. The van der Waals surface area contributed by atoms with Crippen LogP contribution >= 0.6 is 11.6 Å². The molecule has 3 atom stereocenters. The molecule has 0 bridgehead atoms. The zero-order valence-corrected chi connectivity index (χ0v) is 14.5. The van der Waals surface area contributed by atoms with Crippen molar-refractivity contribution in [1.29, 1.82) is 0 Å². The lowest BCUT2D eigenvalue weighted by Gasteiger charge is -2.29. The van der Waals surface area contributed by atoms with Crippen LogP contribution in [0.3, 0.4) is 0 Å². The van der Waals surface area contributed by atoms with Gasteiger partial charge in [-0.25, -0.2) is 0 Å². The smallest absolute Gasteiger partial charge is 0.226 e. The molecule has 0 spiro atoms. The Morgan fingerprint density at radius 3 is 2.50 bits per heavy atom. The monoisotopic (exact) mass is 340 g/mol. The first kappa shape index (κ1) is 15.6. The molecule has 2 aromatic rings. The lowest BCUT2D eigenvalue weighted by atomic mass is 10.0. The largest absolute Gasteiger partial charge is 0.333 e. The summed E-state index contributed by atoms with van der Waals surface area (Å²) < 4.78 is 0. The first-order chi connectivity index (χ1) is 11.7. The molecular weight excluding hydrogens is 320 g/mol. The predicted molar refractivity (Wildman–Crippen MR) is 94.6 cm³/mol. The lowest BCUT2D eigenvalue weighted by molar-refractivity contribution is -0.133. The number of carbonyl (C=O) groups is 1. The summed E-state index contributed by atoms with van der Waals surface area (Å²) in [5.41, 5.74) is 1.93. The van der Waals surface area contributed by atoms with Crippen molar-refractivity contribution in [3.63, 3.8) is 0 Å². The van der Waals surface area contributed by atoms with Gasteiger partial charge in [-0.1, -0.05) is 36.2 Å². The average molecular weight is 341 g/mol. The molecule has 0 radical (unpaired) electrons. The van der Waals surface area contributed by atoms with Crippen LogP contribution in [-0.2, 0) is 4.79 Å². The first-order valence-electron chi connectivity index (χ1n) is 8.60. The fourth-order valence-corrected chi connectivity index (χ4v) is 4.45. The van der Waals surface area contributed by atoms with Crippen LogP contribution in [-0.4, -0.2) is 22.8 Å². The summed E-state index contributed by atoms with van der Waals surface area (Å²) >= 11 is 6.03. The summed E-state index contributed by atoms with van der Waals surface area (Å²) in [5.74, 6) is 1.72. The minimum atomic E-state index is -0.169. The Labute approximate surface area is 147 Å². The van der Waals surface area contributed by atoms with Gasteiger partial charge in [-0.05, 0) is 54.5 Å². The molecule has 4 heteroatoms. The van der Waals surface area contributed by atoms with Crippen molar-refractivity contribution in [3.8, 4) is 0 Å². The average Bonchev–Trinajstić information content (AvgIpc) is 3.08. The van der Waals surface area contributed by atoms with E-state index in [1.165, 1.54) is 19.3 Å². The fraction of sp³-hybridized carbons (Fsp3) is 0.400. The van der Waals surface area contributed by atoms with Crippen LogP contribution in [0.2, 0.25) is 5.02 Å². The number of halogens is 1. The van der Waals surface area contributed by atoms with Crippen molar-refractivity contribution in [1.82, 2.24) is 9.88 Å². The molecule has 124 valence electrons. The van der Waals surface area contributed by atoms with Gasteiger partial charge in [0.2, 0.25) is 5.91 Å². The molecule has 2 aliphatic rings. The van der Waals surface area contributed by atoms with Gasteiger partial charge in [0.25, 0.3) is 0 Å². The number of pyridine rings is 1. The maximum absolute atomic E-state index is 13.0. The third-order valence-electron chi connectivity index (χ3n) is 5.58. The van der Waals surface area contributed by atoms with E-state index in [1.807, 2.05) is 54.4 Å². The van der Waals surface area contributed by atoms with Crippen molar-refractivity contribution in [3.05, 3.63) is 64.9 Å². The molecule has 3 unspecified atom stereocenters. The van der Waals surface area contributed by atoms with Crippen LogP contribution in [0.1, 0.15) is 36.6 Å². The van der Waals surface area contributed by atoms with Crippen molar-refractivity contribution in [2.45, 2.75) is 25.3 Å². The van der Waals surface area contributed by atoms with Gasteiger partial charge in [0.05, 0.1) is 11.7 Å². The second-order valence-electron chi connectivity index (χ2n) is 6.94. The van der Waals surface area contributed by atoms with E-state index >= 15 is 0 Å². The van der Waals surface area contributed by atoms with Crippen LogP contribution < -0.4 is 0 Å². The number of hydrogen-bond donors (Lipinski definition) is 0. The highest BCUT2D eigenvalue weighted by atomic mass is 35.5. The molecule has 1 amide bonds. The SMILES string of the molecule is CN(C(=O)C1C2CCCC21)C(c1ccc(Cl)cc1)c1ccccn1. The van der Waals surface area contributed by atoms with Crippen LogP contribution in [0, 0.1) is 17.8 Å². The van der Waals surface area contributed by atoms with E-state index < -0.39 is 0 Å². The number of amides is 1. The highest BCUT2D eigenvalue weighted by Gasteiger charge is 2.57. The first-order valence-corrected chi connectivity index (χ1v) is 8.97. The molecule has 0 saturated heterocycles. The Hall–Kier alpha value is -1.87. The highest BCUT2D eigenvalue weighted by Crippen LogP contribution is 2.58. The van der Waals surface area contributed by atoms with Gasteiger partial charge in [-0.2, -0.15) is 0 Å². The molecule has 4 rings (SSSR count). The van der Waals surface area contributed by atoms with Gasteiger partial charge < -0.3 is 4.90 Å². The number of fused-ring (bicyclic) bond motifs is 1. The van der Waals surface area contributed by atoms with Crippen LogP contribution in [0.15, 0.2) is 48.7 Å². The van der Waals surface area contributed by atoms with Gasteiger partial charge in [0.1, 0.15) is 0 Å². The van der Waals surface area contributed by atoms with Crippen molar-refractivity contribution < 1.29 is 4.79 Å². The maximum atomic E-state index is 13.0. The Kier molecular flexibility index (Phi) is 4.05. The Morgan fingerprint density at radius 1 is 1.17 bits per heavy atom. The van der Waals surface area contributed by atoms with E-state index in [9.17, 15) is 4.79 Å². The molecule has 3 nitrogen and oxygen atoms in total. The molecule has 24 heavy (non-hydrogen) atoms. The second kappa shape index (κ2) is 6.21. The van der Waals surface area contributed by atoms with Gasteiger partial charge in [0.15, 0.2) is 0 Å². The number of aromatic nitrogens is 1. The van der Waals surface area contributed by atoms with Gasteiger partial charge in [-0.3, -0.25) is 9.78 Å². The van der Waals surface area contributed by atoms with Crippen molar-refractivity contribution in [2.75, 3.05) is 7.05 Å². The minimum absolute atomic E-state index is 0.169. The molecule has 1 heterocycles. The summed E-state index contributed by atoms with van der Waals surface area (Å²) in [5, 5.41) is 0.698. The van der Waals surface area contributed by atoms with E-state index in [-0.39, 0.29) is 17.9 Å². The summed E-state index contributed by atoms with van der Waals surface area (Å²) in [7, 11) is 1.91. The second-order valence-corrected chi connectivity index (χ2v) is 7.38. The van der Waals surface area contributed by atoms with E-state index in [4.69, 9.17) is 11.6 Å². The fourth-order valence-electron chi connectivity index (χ4n) is 4.33. The van der Waals surface area contributed by atoms with Crippen LogP contribution in [0.4, 0.5) is 0 Å². The third-order valence-corrected chi connectivity index (χ3v) is 5.83. The van der Waals surface area contributed by atoms with E-state index in [2.05, 4.69) is 4.98 Å². The van der Waals surface area contributed by atoms with E-state index in [0.717, 1.165) is 11.3 Å². The van der Waals surface area contributed by atoms with Gasteiger partial charge in [-0.15, -0.1) is 0 Å². The molecule has 0 N–H and O–H groups in total. The Bertz CT molecular complexity index is 721. The molecule has 2 aliphatic carbocycles. The predicted octanol–water partition coefficient (Wildman–Crippen LogP) is 4.33.